The lowest BCUT2D eigenvalue weighted by atomic mass is 10.1. The van der Waals surface area contributed by atoms with Gasteiger partial charge in [0, 0.05) is 11.9 Å². The van der Waals surface area contributed by atoms with Gasteiger partial charge in [-0.2, -0.15) is 0 Å². The molecule has 2 aromatic carbocycles. The van der Waals surface area contributed by atoms with Crippen molar-refractivity contribution in [1.29, 1.82) is 0 Å². The maximum absolute atomic E-state index is 11.9. The van der Waals surface area contributed by atoms with E-state index in [0.29, 0.717) is 25.7 Å². The highest BCUT2D eigenvalue weighted by molar-refractivity contribution is 6.01. The van der Waals surface area contributed by atoms with E-state index in [1.807, 2.05) is 30.3 Å². The third-order valence-electron chi connectivity index (χ3n) is 4.22. The Labute approximate surface area is 139 Å². The Morgan fingerprint density at radius 3 is 3.00 bits per heavy atom. The lowest BCUT2D eigenvalue weighted by Crippen LogP contribution is -2.61. The topological polar surface area (TPSA) is 86.8 Å². The molecule has 24 heavy (non-hydrogen) atoms. The summed E-state index contributed by atoms with van der Waals surface area (Å²) in [5, 5.41) is 8.17. The molecule has 2 aliphatic heterocycles. The lowest BCUT2D eigenvalue weighted by molar-refractivity contribution is -0.124. The molecule has 0 spiro atoms. The van der Waals surface area contributed by atoms with Crippen LogP contribution in [0.25, 0.3) is 10.8 Å². The molecule has 2 heterocycles. The van der Waals surface area contributed by atoms with Gasteiger partial charge in [0.25, 0.3) is 0 Å². The fraction of sp³-hybridized carbons (Fsp3) is 0.294. The van der Waals surface area contributed by atoms with Crippen molar-refractivity contribution in [2.75, 3.05) is 19.7 Å². The van der Waals surface area contributed by atoms with E-state index in [1.54, 1.807) is 0 Å². The van der Waals surface area contributed by atoms with Gasteiger partial charge in [-0.05, 0) is 11.5 Å². The number of aliphatic imine (C=N–C) groups is 1. The van der Waals surface area contributed by atoms with Crippen LogP contribution >= 0.6 is 0 Å². The van der Waals surface area contributed by atoms with E-state index < -0.39 is 0 Å². The van der Waals surface area contributed by atoms with Crippen molar-refractivity contribution in [3.8, 4) is 5.75 Å². The molecule has 4 rings (SSSR count). The molecule has 0 radical (unpaired) electrons. The van der Waals surface area contributed by atoms with Crippen molar-refractivity contribution in [2.24, 2.45) is 10.9 Å². The number of nitrogens with zero attached hydrogens (tertiary/aromatic N) is 1. The van der Waals surface area contributed by atoms with E-state index in [-0.39, 0.29) is 18.0 Å². The highest BCUT2D eigenvalue weighted by atomic mass is 16.5. The van der Waals surface area contributed by atoms with Crippen LogP contribution in [0.3, 0.4) is 0 Å². The van der Waals surface area contributed by atoms with E-state index in [0.717, 1.165) is 16.5 Å². The van der Waals surface area contributed by atoms with Gasteiger partial charge in [0.15, 0.2) is 5.96 Å². The standard InChI is InChI=1S/C17H19N5O2/c23-16-13-10-19-22-15(13)20-17(21-16)18-8-9-24-14-7-3-5-11-4-1-2-6-12(11)14/h1-7,13,15,19,22H,8-10H2,(H2,18,20,21,23). The van der Waals surface area contributed by atoms with Crippen LogP contribution in [-0.4, -0.2) is 37.7 Å². The van der Waals surface area contributed by atoms with Gasteiger partial charge in [0.2, 0.25) is 5.91 Å². The predicted molar refractivity (Wildman–Crippen MR) is 91.4 cm³/mol. The number of ether oxygens (including phenoxy) is 1. The average molecular weight is 325 g/mol. The van der Waals surface area contributed by atoms with Crippen LogP contribution in [0.4, 0.5) is 0 Å². The highest BCUT2D eigenvalue weighted by Crippen LogP contribution is 2.24. The SMILES string of the molecule is O=C1NC(=NCCOc2cccc3ccccc23)NC2NNCC12. The number of carbonyl (C=O) groups excluding carboxylic acids is 1. The fourth-order valence-electron chi connectivity index (χ4n) is 2.99. The lowest BCUT2D eigenvalue weighted by Gasteiger charge is -2.27. The summed E-state index contributed by atoms with van der Waals surface area (Å²) in [7, 11) is 0. The van der Waals surface area contributed by atoms with E-state index in [2.05, 4.69) is 38.6 Å². The third kappa shape index (κ3) is 2.91. The monoisotopic (exact) mass is 325 g/mol. The van der Waals surface area contributed by atoms with Crippen LogP contribution in [0.2, 0.25) is 0 Å². The zero-order valence-electron chi connectivity index (χ0n) is 13.1. The van der Waals surface area contributed by atoms with Gasteiger partial charge in [-0.1, -0.05) is 36.4 Å². The summed E-state index contributed by atoms with van der Waals surface area (Å²) in [4.78, 5) is 16.3. The zero-order chi connectivity index (χ0) is 16.4. The maximum atomic E-state index is 11.9. The third-order valence-corrected chi connectivity index (χ3v) is 4.22. The molecule has 2 atom stereocenters. The number of nitrogens with one attached hydrogen (secondary N) is 4. The Hall–Kier alpha value is -2.64. The molecular formula is C17H19N5O2. The van der Waals surface area contributed by atoms with E-state index >= 15 is 0 Å². The van der Waals surface area contributed by atoms with Gasteiger partial charge in [0.1, 0.15) is 18.5 Å². The van der Waals surface area contributed by atoms with Crippen LogP contribution < -0.4 is 26.2 Å². The molecule has 7 nitrogen and oxygen atoms in total. The summed E-state index contributed by atoms with van der Waals surface area (Å²) < 4.78 is 5.85. The van der Waals surface area contributed by atoms with Crippen LogP contribution in [-0.2, 0) is 4.79 Å². The van der Waals surface area contributed by atoms with E-state index in [4.69, 9.17) is 4.74 Å². The molecular weight excluding hydrogens is 306 g/mol. The van der Waals surface area contributed by atoms with Crippen molar-refractivity contribution in [3.05, 3.63) is 42.5 Å². The van der Waals surface area contributed by atoms with Gasteiger partial charge < -0.3 is 10.1 Å². The number of carbonyl (C=O) groups is 1. The Morgan fingerprint density at radius 1 is 1.17 bits per heavy atom. The number of fused-ring (bicyclic) bond motifs is 2. The molecule has 1 amide bonds. The molecule has 0 bridgehead atoms. The van der Waals surface area contributed by atoms with Crippen molar-refractivity contribution >= 4 is 22.6 Å². The first-order chi connectivity index (χ1) is 11.8. The Morgan fingerprint density at radius 2 is 2.04 bits per heavy atom. The first-order valence-electron chi connectivity index (χ1n) is 8.02. The number of benzene rings is 2. The number of hydrogen-bond acceptors (Lipinski definition) is 5. The number of rotatable bonds is 4. The quantitative estimate of drug-likeness (QED) is 0.609. The second-order valence-corrected chi connectivity index (χ2v) is 5.80. The summed E-state index contributed by atoms with van der Waals surface area (Å²) in [5.41, 5.74) is 5.99. The predicted octanol–water partition coefficient (Wildman–Crippen LogP) is 0.344. The van der Waals surface area contributed by atoms with Crippen molar-refractivity contribution in [2.45, 2.75) is 6.17 Å². The summed E-state index contributed by atoms with van der Waals surface area (Å²) in [6.45, 7) is 1.51. The molecule has 0 aliphatic carbocycles. The smallest absolute Gasteiger partial charge is 0.234 e. The van der Waals surface area contributed by atoms with Crippen molar-refractivity contribution < 1.29 is 9.53 Å². The largest absolute Gasteiger partial charge is 0.491 e. The molecule has 2 aliphatic rings. The highest BCUT2D eigenvalue weighted by Gasteiger charge is 2.37. The van der Waals surface area contributed by atoms with E-state index in [9.17, 15) is 4.79 Å². The first-order valence-corrected chi connectivity index (χ1v) is 8.02. The minimum absolute atomic E-state index is 0.0232. The molecule has 2 fully saturated rings. The Bertz CT molecular complexity index is 786. The average Bonchev–Trinajstić information content (AvgIpc) is 3.08. The summed E-state index contributed by atoms with van der Waals surface area (Å²) in [5.74, 6) is 1.19. The van der Waals surface area contributed by atoms with Crippen LogP contribution in [0.5, 0.6) is 5.75 Å². The fourth-order valence-corrected chi connectivity index (χ4v) is 2.99. The first kappa shape index (κ1) is 14.9. The van der Waals surface area contributed by atoms with Gasteiger partial charge in [-0.3, -0.25) is 15.5 Å². The number of hydrazine groups is 1. The maximum Gasteiger partial charge on any atom is 0.234 e. The Kier molecular flexibility index (Phi) is 4.02. The number of guanidine groups is 1. The summed E-state index contributed by atoms with van der Waals surface area (Å²) in [6, 6.07) is 14.1. The Balaban J connectivity index is 1.36. The summed E-state index contributed by atoms with van der Waals surface area (Å²) in [6.07, 6.45) is -0.114. The summed E-state index contributed by atoms with van der Waals surface area (Å²) >= 11 is 0. The molecule has 0 aromatic heterocycles. The molecule has 4 N–H and O–H groups in total. The van der Waals surface area contributed by atoms with Crippen molar-refractivity contribution in [3.63, 3.8) is 0 Å². The van der Waals surface area contributed by atoms with Gasteiger partial charge in [-0.15, -0.1) is 0 Å². The molecule has 124 valence electrons. The molecule has 2 aromatic rings. The second-order valence-electron chi connectivity index (χ2n) is 5.80. The molecule has 7 heteroatoms. The minimum atomic E-state index is -0.115. The van der Waals surface area contributed by atoms with Crippen molar-refractivity contribution in [1.82, 2.24) is 21.5 Å². The molecule has 0 saturated carbocycles. The molecule has 2 saturated heterocycles. The minimum Gasteiger partial charge on any atom is -0.491 e. The van der Waals surface area contributed by atoms with Crippen LogP contribution in [0.1, 0.15) is 0 Å². The zero-order valence-corrected chi connectivity index (χ0v) is 13.1. The van der Waals surface area contributed by atoms with E-state index in [1.165, 1.54) is 0 Å². The normalized spacial score (nSPS) is 24.5. The van der Waals surface area contributed by atoms with Crippen LogP contribution in [0.15, 0.2) is 47.5 Å². The number of hydrogen-bond donors (Lipinski definition) is 4. The number of amides is 1. The second kappa shape index (κ2) is 6.46. The van der Waals surface area contributed by atoms with Gasteiger partial charge in [-0.25, -0.2) is 10.4 Å². The molecule has 2 unspecified atom stereocenters. The van der Waals surface area contributed by atoms with Crippen LogP contribution in [0, 0.1) is 5.92 Å². The van der Waals surface area contributed by atoms with Gasteiger partial charge in [0.05, 0.1) is 12.5 Å². The van der Waals surface area contributed by atoms with Gasteiger partial charge >= 0.3 is 0 Å².